The summed E-state index contributed by atoms with van der Waals surface area (Å²) in [6.07, 6.45) is 0. The van der Waals surface area contributed by atoms with E-state index in [1.807, 2.05) is 18.2 Å². The molecule has 0 bridgehead atoms. The molecule has 1 N–H and O–H groups in total. The van der Waals surface area contributed by atoms with Gasteiger partial charge < -0.3 is 15.0 Å². The molecule has 2 aliphatic rings. The van der Waals surface area contributed by atoms with Crippen LogP contribution in [-0.4, -0.2) is 62.2 Å². The van der Waals surface area contributed by atoms with Crippen LogP contribution in [0, 0.1) is 0 Å². The summed E-state index contributed by atoms with van der Waals surface area (Å²) in [4.78, 5) is 4.87. The molecule has 3 rings (SSSR count). The standard InChI is InChI=1S/C14H20ClN3O/c1-17-5-7-18(8-6-17)9-11-10-19-14-12(15)3-2-4-13(14)16-11/h2-4,11,16H,5-10H2,1H3. The highest BCUT2D eigenvalue weighted by Gasteiger charge is 2.24. The lowest BCUT2D eigenvalue weighted by Crippen LogP contribution is -2.50. The van der Waals surface area contributed by atoms with Gasteiger partial charge in [-0.3, -0.25) is 4.90 Å². The summed E-state index contributed by atoms with van der Waals surface area (Å²) in [6, 6.07) is 6.19. The number of rotatable bonds is 2. The second kappa shape index (κ2) is 5.57. The zero-order valence-electron chi connectivity index (χ0n) is 11.2. The van der Waals surface area contributed by atoms with E-state index in [1.165, 1.54) is 0 Å². The fourth-order valence-electron chi connectivity index (χ4n) is 2.66. The average Bonchev–Trinajstić information content (AvgIpc) is 2.42. The van der Waals surface area contributed by atoms with Crippen LogP contribution >= 0.6 is 11.6 Å². The van der Waals surface area contributed by atoms with E-state index in [9.17, 15) is 0 Å². The van der Waals surface area contributed by atoms with E-state index in [2.05, 4.69) is 22.2 Å². The maximum atomic E-state index is 6.12. The molecule has 104 valence electrons. The summed E-state index contributed by atoms with van der Waals surface area (Å²) in [6.45, 7) is 6.28. The van der Waals surface area contributed by atoms with Gasteiger partial charge in [0.05, 0.1) is 16.8 Å². The minimum absolute atomic E-state index is 0.342. The fourth-order valence-corrected chi connectivity index (χ4v) is 2.88. The number of nitrogens with zero attached hydrogens (tertiary/aromatic N) is 2. The molecule has 0 aromatic heterocycles. The quantitative estimate of drug-likeness (QED) is 0.894. The molecule has 19 heavy (non-hydrogen) atoms. The monoisotopic (exact) mass is 281 g/mol. The van der Waals surface area contributed by atoms with Gasteiger partial charge in [0.2, 0.25) is 0 Å². The smallest absolute Gasteiger partial charge is 0.161 e. The summed E-state index contributed by atoms with van der Waals surface area (Å²) in [5, 5.41) is 4.21. The summed E-state index contributed by atoms with van der Waals surface area (Å²) in [5.74, 6) is 0.791. The van der Waals surface area contributed by atoms with Gasteiger partial charge >= 0.3 is 0 Å². The lowest BCUT2D eigenvalue weighted by Gasteiger charge is -2.36. The van der Waals surface area contributed by atoms with E-state index in [-0.39, 0.29) is 0 Å². The lowest BCUT2D eigenvalue weighted by molar-refractivity contribution is 0.138. The maximum absolute atomic E-state index is 6.12. The van der Waals surface area contributed by atoms with Gasteiger partial charge in [-0.2, -0.15) is 0 Å². The average molecular weight is 282 g/mol. The fraction of sp³-hybridized carbons (Fsp3) is 0.571. The number of halogens is 1. The Hall–Kier alpha value is -0.970. The topological polar surface area (TPSA) is 27.7 Å². The van der Waals surface area contributed by atoms with E-state index in [0.717, 1.165) is 44.2 Å². The Morgan fingerprint density at radius 1 is 1.32 bits per heavy atom. The van der Waals surface area contributed by atoms with Crippen LogP contribution in [0.25, 0.3) is 0 Å². The van der Waals surface area contributed by atoms with E-state index in [1.54, 1.807) is 0 Å². The van der Waals surface area contributed by atoms with Crippen LogP contribution in [0.3, 0.4) is 0 Å². The van der Waals surface area contributed by atoms with Crippen molar-refractivity contribution in [1.82, 2.24) is 9.80 Å². The normalized spacial score (nSPS) is 24.4. The molecule has 2 heterocycles. The number of ether oxygens (including phenoxy) is 1. The van der Waals surface area contributed by atoms with Crippen molar-refractivity contribution in [3.05, 3.63) is 23.2 Å². The molecular formula is C14H20ClN3O. The predicted molar refractivity (Wildman–Crippen MR) is 78.3 cm³/mol. The number of benzene rings is 1. The van der Waals surface area contributed by atoms with Gasteiger partial charge in [-0.05, 0) is 19.2 Å². The van der Waals surface area contributed by atoms with Crippen LogP contribution in [0.4, 0.5) is 5.69 Å². The van der Waals surface area contributed by atoms with E-state index >= 15 is 0 Å². The Morgan fingerprint density at radius 2 is 2.11 bits per heavy atom. The Labute approximate surface area is 119 Å². The molecule has 4 nitrogen and oxygen atoms in total. The zero-order valence-corrected chi connectivity index (χ0v) is 12.0. The van der Waals surface area contributed by atoms with Gasteiger partial charge in [0.1, 0.15) is 6.61 Å². The van der Waals surface area contributed by atoms with Crippen LogP contribution in [0.15, 0.2) is 18.2 Å². The second-order valence-corrected chi connectivity index (χ2v) is 5.78. The van der Waals surface area contributed by atoms with Crippen LogP contribution in [0.5, 0.6) is 5.75 Å². The van der Waals surface area contributed by atoms with Gasteiger partial charge in [-0.15, -0.1) is 0 Å². The third-order valence-electron chi connectivity index (χ3n) is 3.83. The summed E-state index contributed by atoms with van der Waals surface area (Å²) in [7, 11) is 2.18. The predicted octanol–water partition coefficient (Wildman–Crippen LogP) is 1.76. The summed E-state index contributed by atoms with van der Waals surface area (Å²) in [5.41, 5.74) is 1.01. The lowest BCUT2D eigenvalue weighted by atomic mass is 10.2. The number of hydrogen-bond donors (Lipinski definition) is 1. The number of hydrogen-bond acceptors (Lipinski definition) is 4. The highest BCUT2D eigenvalue weighted by molar-refractivity contribution is 6.32. The number of piperazine rings is 1. The molecule has 0 saturated carbocycles. The first kappa shape index (κ1) is 13.0. The van der Waals surface area contributed by atoms with Gasteiger partial charge in [0.15, 0.2) is 5.75 Å². The highest BCUT2D eigenvalue weighted by atomic mass is 35.5. The first-order chi connectivity index (χ1) is 9.22. The Balaban J connectivity index is 1.60. The first-order valence-electron chi connectivity index (χ1n) is 6.81. The van der Waals surface area contributed by atoms with Gasteiger partial charge in [0.25, 0.3) is 0 Å². The highest BCUT2D eigenvalue weighted by Crippen LogP contribution is 2.35. The number of para-hydroxylation sites is 1. The summed E-state index contributed by atoms with van der Waals surface area (Å²) >= 11 is 6.12. The van der Waals surface area contributed by atoms with Gasteiger partial charge in [0, 0.05) is 32.7 Å². The van der Waals surface area contributed by atoms with Crippen LogP contribution in [0.2, 0.25) is 5.02 Å². The van der Waals surface area contributed by atoms with Crippen LogP contribution in [-0.2, 0) is 0 Å². The zero-order chi connectivity index (χ0) is 13.2. The van der Waals surface area contributed by atoms with E-state index in [4.69, 9.17) is 16.3 Å². The van der Waals surface area contributed by atoms with Gasteiger partial charge in [-0.25, -0.2) is 0 Å². The Kier molecular flexibility index (Phi) is 3.82. The minimum Gasteiger partial charge on any atom is -0.488 e. The molecular weight excluding hydrogens is 262 g/mol. The van der Waals surface area contributed by atoms with Crippen LogP contribution < -0.4 is 10.1 Å². The number of likely N-dealkylation sites (N-methyl/N-ethyl adjacent to an activating group) is 1. The number of nitrogens with one attached hydrogen (secondary N) is 1. The number of fused-ring (bicyclic) bond motifs is 1. The molecule has 0 spiro atoms. The van der Waals surface area contributed by atoms with Crippen molar-refractivity contribution >= 4 is 17.3 Å². The van der Waals surface area contributed by atoms with Crippen molar-refractivity contribution in [3.63, 3.8) is 0 Å². The first-order valence-corrected chi connectivity index (χ1v) is 7.19. The van der Waals surface area contributed by atoms with Gasteiger partial charge in [-0.1, -0.05) is 17.7 Å². The molecule has 1 fully saturated rings. The van der Waals surface area contributed by atoms with Crippen molar-refractivity contribution in [1.29, 1.82) is 0 Å². The SMILES string of the molecule is CN1CCN(CC2COc3c(Cl)cccc3N2)CC1. The third kappa shape index (κ3) is 2.96. The molecule has 1 aromatic rings. The molecule has 5 heteroatoms. The molecule has 1 saturated heterocycles. The number of anilines is 1. The van der Waals surface area contributed by atoms with Crippen molar-refractivity contribution < 1.29 is 4.74 Å². The van der Waals surface area contributed by atoms with Crippen molar-refractivity contribution in [3.8, 4) is 5.75 Å². The molecule has 1 unspecified atom stereocenters. The third-order valence-corrected chi connectivity index (χ3v) is 4.13. The van der Waals surface area contributed by atoms with Crippen molar-refractivity contribution in [2.45, 2.75) is 6.04 Å². The van der Waals surface area contributed by atoms with Crippen LogP contribution in [0.1, 0.15) is 0 Å². The van der Waals surface area contributed by atoms with E-state index in [0.29, 0.717) is 17.7 Å². The van der Waals surface area contributed by atoms with Crippen molar-refractivity contribution in [2.75, 3.05) is 51.7 Å². The minimum atomic E-state index is 0.342. The Morgan fingerprint density at radius 3 is 2.89 bits per heavy atom. The van der Waals surface area contributed by atoms with E-state index < -0.39 is 0 Å². The molecule has 1 aromatic carbocycles. The largest absolute Gasteiger partial charge is 0.488 e. The second-order valence-electron chi connectivity index (χ2n) is 5.37. The molecule has 1 atom stereocenters. The molecule has 0 radical (unpaired) electrons. The Bertz CT molecular complexity index is 446. The maximum Gasteiger partial charge on any atom is 0.161 e. The molecule has 2 aliphatic heterocycles. The molecule has 0 aliphatic carbocycles. The summed E-state index contributed by atoms with van der Waals surface area (Å²) < 4.78 is 5.80. The van der Waals surface area contributed by atoms with Crippen molar-refractivity contribution in [2.24, 2.45) is 0 Å². The molecule has 0 amide bonds.